The molecular formula is C16H24N2O2. The number of nitrogens with zero attached hydrogens (tertiary/aromatic N) is 1. The number of likely N-dealkylation sites (tertiary alicyclic amines) is 1. The van der Waals surface area contributed by atoms with E-state index in [0.29, 0.717) is 6.04 Å². The van der Waals surface area contributed by atoms with Crippen molar-refractivity contribution in [1.29, 1.82) is 0 Å². The molecule has 1 heterocycles. The fraction of sp³-hybridized carbons (Fsp3) is 0.562. The summed E-state index contributed by atoms with van der Waals surface area (Å²) in [5.74, 6) is -0.187. The first kappa shape index (κ1) is 15.0. The summed E-state index contributed by atoms with van der Waals surface area (Å²) >= 11 is 0. The number of methoxy groups -OCH3 is 1. The Kier molecular flexibility index (Phi) is 5.56. The van der Waals surface area contributed by atoms with Crippen LogP contribution in [-0.4, -0.2) is 49.7 Å². The maximum Gasteiger partial charge on any atom is 0.322 e. The minimum atomic E-state index is -0.223. The number of ether oxygens (including phenoxy) is 1. The molecule has 0 aromatic heterocycles. The number of esters is 1. The lowest BCUT2D eigenvalue weighted by Crippen LogP contribution is -2.43. The Bertz CT molecular complexity index is 422. The molecule has 1 aromatic carbocycles. The highest BCUT2D eigenvalue weighted by atomic mass is 16.5. The number of carbonyl (C=O) groups is 1. The van der Waals surface area contributed by atoms with Gasteiger partial charge in [-0.3, -0.25) is 4.79 Å². The summed E-state index contributed by atoms with van der Waals surface area (Å²) in [4.78, 5) is 13.8. The van der Waals surface area contributed by atoms with Crippen LogP contribution in [0.1, 0.15) is 18.9 Å². The van der Waals surface area contributed by atoms with Gasteiger partial charge in [0.2, 0.25) is 0 Å². The number of benzene rings is 1. The predicted molar refractivity (Wildman–Crippen MR) is 79.6 cm³/mol. The van der Waals surface area contributed by atoms with Crippen molar-refractivity contribution in [1.82, 2.24) is 10.2 Å². The number of carbonyl (C=O) groups excluding carboxylic acids is 1. The summed E-state index contributed by atoms with van der Waals surface area (Å²) in [6.07, 6.45) is 2.18. The molecule has 4 heteroatoms. The van der Waals surface area contributed by atoms with E-state index in [1.54, 1.807) is 0 Å². The van der Waals surface area contributed by atoms with Gasteiger partial charge in [-0.05, 0) is 31.9 Å². The molecule has 0 amide bonds. The first-order valence-corrected chi connectivity index (χ1v) is 7.29. The second-order valence-electron chi connectivity index (χ2n) is 5.43. The van der Waals surface area contributed by atoms with Gasteiger partial charge in [-0.1, -0.05) is 30.3 Å². The van der Waals surface area contributed by atoms with Crippen molar-refractivity contribution < 1.29 is 9.53 Å². The van der Waals surface area contributed by atoms with E-state index < -0.39 is 0 Å². The molecule has 0 saturated carbocycles. The van der Waals surface area contributed by atoms with Crippen LogP contribution in [0.4, 0.5) is 0 Å². The van der Waals surface area contributed by atoms with Gasteiger partial charge in [-0.15, -0.1) is 0 Å². The molecule has 1 aromatic rings. The summed E-state index contributed by atoms with van der Waals surface area (Å²) in [7, 11) is 1.43. The average molecular weight is 276 g/mol. The molecule has 0 aliphatic carbocycles. The molecule has 1 saturated heterocycles. The van der Waals surface area contributed by atoms with Crippen LogP contribution < -0.4 is 5.32 Å². The highest BCUT2D eigenvalue weighted by molar-refractivity contribution is 5.75. The lowest BCUT2D eigenvalue weighted by Gasteiger charge is -2.19. The Morgan fingerprint density at radius 2 is 2.20 bits per heavy atom. The largest absolute Gasteiger partial charge is 0.468 e. The molecule has 0 bridgehead atoms. The summed E-state index contributed by atoms with van der Waals surface area (Å²) in [5, 5.41) is 3.34. The zero-order valence-corrected chi connectivity index (χ0v) is 12.3. The van der Waals surface area contributed by atoms with Crippen molar-refractivity contribution in [2.75, 3.05) is 26.7 Å². The lowest BCUT2D eigenvalue weighted by atomic mass is 10.1. The van der Waals surface area contributed by atoms with Gasteiger partial charge in [0.05, 0.1) is 7.11 Å². The van der Waals surface area contributed by atoms with Gasteiger partial charge in [0.25, 0.3) is 0 Å². The van der Waals surface area contributed by atoms with Crippen molar-refractivity contribution in [2.45, 2.75) is 31.8 Å². The van der Waals surface area contributed by atoms with Crippen molar-refractivity contribution in [3.63, 3.8) is 0 Å². The van der Waals surface area contributed by atoms with Crippen LogP contribution in [0.3, 0.4) is 0 Å². The minimum Gasteiger partial charge on any atom is -0.468 e. The quantitative estimate of drug-likeness (QED) is 0.799. The maximum atomic E-state index is 11.4. The van der Waals surface area contributed by atoms with E-state index in [1.807, 2.05) is 13.0 Å². The first-order chi connectivity index (χ1) is 9.69. The molecule has 1 fully saturated rings. The Balaban J connectivity index is 1.71. The normalized spacial score (nSPS) is 20.8. The molecule has 2 unspecified atom stereocenters. The van der Waals surface area contributed by atoms with E-state index in [1.165, 1.54) is 12.7 Å². The molecule has 110 valence electrons. The van der Waals surface area contributed by atoms with Gasteiger partial charge in [0, 0.05) is 19.1 Å². The molecule has 2 atom stereocenters. The molecular weight excluding hydrogens is 252 g/mol. The standard InChI is InChI=1S/C16H24N2O2/c1-13(16(19)20-2)17-15-9-11-18(12-15)10-8-14-6-4-3-5-7-14/h3-7,13,15,17H,8-12H2,1-2H3. The Morgan fingerprint density at radius 3 is 2.90 bits per heavy atom. The lowest BCUT2D eigenvalue weighted by molar-refractivity contribution is -0.142. The highest BCUT2D eigenvalue weighted by Gasteiger charge is 2.25. The van der Waals surface area contributed by atoms with Crippen molar-refractivity contribution in [3.8, 4) is 0 Å². The number of rotatable bonds is 6. The maximum absolute atomic E-state index is 11.4. The van der Waals surface area contributed by atoms with Crippen LogP contribution in [-0.2, 0) is 16.0 Å². The van der Waals surface area contributed by atoms with E-state index in [9.17, 15) is 4.79 Å². The van der Waals surface area contributed by atoms with Gasteiger partial charge in [0.1, 0.15) is 6.04 Å². The van der Waals surface area contributed by atoms with E-state index in [0.717, 1.165) is 32.5 Å². The van der Waals surface area contributed by atoms with Crippen LogP contribution in [0.2, 0.25) is 0 Å². The van der Waals surface area contributed by atoms with Crippen molar-refractivity contribution >= 4 is 5.97 Å². The summed E-state index contributed by atoms with van der Waals surface area (Å²) in [5.41, 5.74) is 1.38. The van der Waals surface area contributed by atoms with E-state index in [4.69, 9.17) is 4.74 Å². The number of hydrogen-bond acceptors (Lipinski definition) is 4. The topological polar surface area (TPSA) is 41.6 Å². The van der Waals surface area contributed by atoms with Gasteiger partial charge in [-0.2, -0.15) is 0 Å². The SMILES string of the molecule is COC(=O)C(C)NC1CCN(CCc2ccccc2)C1. The van der Waals surface area contributed by atoms with Crippen LogP contribution in [0.25, 0.3) is 0 Å². The van der Waals surface area contributed by atoms with E-state index in [2.05, 4.69) is 34.5 Å². The smallest absolute Gasteiger partial charge is 0.322 e. The van der Waals surface area contributed by atoms with Crippen LogP contribution >= 0.6 is 0 Å². The second kappa shape index (κ2) is 7.41. The molecule has 1 aliphatic heterocycles. The van der Waals surface area contributed by atoms with Gasteiger partial charge < -0.3 is 15.0 Å². The third-order valence-electron chi connectivity index (χ3n) is 3.87. The highest BCUT2D eigenvalue weighted by Crippen LogP contribution is 2.11. The van der Waals surface area contributed by atoms with Gasteiger partial charge in [-0.25, -0.2) is 0 Å². The molecule has 0 radical (unpaired) electrons. The van der Waals surface area contributed by atoms with Gasteiger partial charge >= 0.3 is 5.97 Å². The second-order valence-corrected chi connectivity index (χ2v) is 5.43. The number of nitrogens with one attached hydrogen (secondary N) is 1. The molecule has 4 nitrogen and oxygen atoms in total. The Hall–Kier alpha value is -1.39. The van der Waals surface area contributed by atoms with Crippen LogP contribution in [0.5, 0.6) is 0 Å². The zero-order chi connectivity index (χ0) is 14.4. The monoisotopic (exact) mass is 276 g/mol. The molecule has 20 heavy (non-hydrogen) atoms. The molecule has 1 aliphatic rings. The third kappa shape index (κ3) is 4.32. The summed E-state index contributed by atoms with van der Waals surface area (Å²) in [6, 6.07) is 10.7. The van der Waals surface area contributed by atoms with Gasteiger partial charge in [0.15, 0.2) is 0 Å². The third-order valence-corrected chi connectivity index (χ3v) is 3.87. The summed E-state index contributed by atoms with van der Waals surface area (Å²) in [6.45, 7) is 5.04. The predicted octanol–water partition coefficient (Wildman–Crippen LogP) is 1.45. The minimum absolute atomic E-state index is 0.187. The Morgan fingerprint density at radius 1 is 1.45 bits per heavy atom. The Labute approximate surface area is 121 Å². The van der Waals surface area contributed by atoms with Crippen molar-refractivity contribution in [2.24, 2.45) is 0 Å². The fourth-order valence-electron chi connectivity index (χ4n) is 2.70. The first-order valence-electron chi connectivity index (χ1n) is 7.29. The fourth-order valence-corrected chi connectivity index (χ4v) is 2.70. The van der Waals surface area contributed by atoms with Crippen LogP contribution in [0, 0.1) is 0 Å². The molecule has 2 rings (SSSR count). The average Bonchev–Trinajstić information content (AvgIpc) is 2.92. The molecule has 1 N–H and O–H groups in total. The molecule has 0 spiro atoms. The van der Waals surface area contributed by atoms with E-state index >= 15 is 0 Å². The van der Waals surface area contributed by atoms with Crippen LogP contribution in [0.15, 0.2) is 30.3 Å². The van der Waals surface area contributed by atoms with Crippen molar-refractivity contribution in [3.05, 3.63) is 35.9 Å². The zero-order valence-electron chi connectivity index (χ0n) is 12.3. The summed E-state index contributed by atoms with van der Waals surface area (Å²) < 4.78 is 4.74. The van der Waals surface area contributed by atoms with E-state index in [-0.39, 0.29) is 12.0 Å². The number of hydrogen-bond donors (Lipinski definition) is 1.